The summed E-state index contributed by atoms with van der Waals surface area (Å²) < 4.78 is 14.4. The minimum Gasteiger partial charge on any atom is -0.365 e. The van der Waals surface area contributed by atoms with E-state index in [1.54, 1.807) is 36.5 Å². The molecule has 0 bridgehead atoms. The highest BCUT2D eigenvalue weighted by Crippen LogP contribution is 2.32. The van der Waals surface area contributed by atoms with E-state index >= 15 is 0 Å². The van der Waals surface area contributed by atoms with Crippen molar-refractivity contribution in [2.24, 2.45) is 5.73 Å². The van der Waals surface area contributed by atoms with Crippen LogP contribution in [0.15, 0.2) is 90.0 Å². The number of thioether (sulfide) groups is 1. The zero-order valence-electron chi connectivity index (χ0n) is 19.7. The Labute approximate surface area is 208 Å². The Kier molecular flexibility index (Phi) is 8.75. The lowest BCUT2D eigenvalue weighted by atomic mass is 9.94. The molecule has 2 amide bonds. The molecule has 35 heavy (non-hydrogen) atoms. The predicted molar refractivity (Wildman–Crippen MR) is 141 cm³/mol. The number of pyridine rings is 1. The molecule has 3 N–H and O–H groups in total. The fourth-order valence-electron chi connectivity index (χ4n) is 3.56. The van der Waals surface area contributed by atoms with Gasteiger partial charge in [-0.3, -0.25) is 14.6 Å². The number of anilines is 1. The van der Waals surface area contributed by atoms with Gasteiger partial charge in [0, 0.05) is 27.9 Å². The quantitative estimate of drug-likeness (QED) is 0.298. The van der Waals surface area contributed by atoms with Crippen molar-refractivity contribution in [3.63, 3.8) is 0 Å². The van der Waals surface area contributed by atoms with E-state index < -0.39 is 17.6 Å². The number of hydrogen-bond acceptors (Lipinski definition) is 4. The van der Waals surface area contributed by atoms with Gasteiger partial charge in [-0.25, -0.2) is 4.39 Å². The summed E-state index contributed by atoms with van der Waals surface area (Å²) in [6.07, 6.45) is 3.60. The summed E-state index contributed by atoms with van der Waals surface area (Å²) in [5.41, 5.74) is 8.41. The Bertz CT molecular complexity index is 1340. The minimum absolute atomic E-state index is 0.248. The largest absolute Gasteiger partial charge is 0.365 e. The van der Waals surface area contributed by atoms with Crippen LogP contribution in [0.4, 0.5) is 10.1 Å². The van der Waals surface area contributed by atoms with Gasteiger partial charge in [0.2, 0.25) is 0 Å². The van der Waals surface area contributed by atoms with Gasteiger partial charge in [0.15, 0.2) is 0 Å². The number of carbonyl (C=O) groups is 2. The standard InChI is InChI=1S/C26H20FN3O2S.C2H6/c1-33-18-11-12-20(21(15-18)19-8-5-9-22(27)24(19)25(28)31)26(32)30-17-7-4-6-16(14-17)23-10-2-3-13-29-23;1-2/h2-15H,1H3,(H2,28,31)(H,30,32);1-2H3. The maximum absolute atomic E-state index is 14.4. The second-order valence-corrected chi connectivity index (χ2v) is 8.07. The van der Waals surface area contributed by atoms with E-state index in [0.29, 0.717) is 16.8 Å². The SMILES string of the molecule is CC.CSc1ccc(C(=O)Nc2cccc(-c3ccccn3)c2)c(-c2cccc(F)c2C(N)=O)c1. The van der Waals surface area contributed by atoms with Gasteiger partial charge < -0.3 is 11.1 Å². The Balaban J connectivity index is 0.00000167. The third-order valence-electron chi connectivity index (χ3n) is 5.10. The zero-order valence-corrected chi connectivity index (χ0v) is 20.5. The van der Waals surface area contributed by atoms with E-state index in [2.05, 4.69) is 10.3 Å². The van der Waals surface area contributed by atoms with E-state index in [1.165, 1.54) is 23.9 Å². The van der Waals surface area contributed by atoms with Gasteiger partial charge in [-0.2, -0.15) is 0 Å². The van der Waals surface area contributed by atoms with Crippen LogP contribution in [-0.4, -0.2) is 23.1 Å². The number of aromatic nitrogens is 1. The van der Waals surface area contributed by atoms with E-state index in [0.717, 1.165) is 16.2 Å². The number of carbonyl (C=O) groups excluding carboxylic acids is 2. The number of rotatable bonds is 6. The van der Waals surface area contributed by atoms with Gasteiger partial charge in [-0.05, 0) is 65.9 Å². The van der Waals surface area contributed by atoms with Crippen molar-refractivity contribution in [1.82, 2.24) is 4.98 Å². The number of benzene rings is 3. The highest BCUT2D eigenvalue weighted by molar-refractivity contribution is 7.98. The lowest BCUT2D eigenvalue weighted by molar-refractivity contribution is 0.0993. The summed E-state index contributed by atoms with van der Waals surface area (Å²) in [5, 5.41) is 2.90. The summed E-state index contributed by atoms with van der Waals surface area (Å²) in [4.78, 5) is 30.5. The van der Waals surface area contributed by atoms with Gasteiger partial charge in [-0.15, -0.1) is 11.8 Å². The van der Waals surface area contributed by atoms with Crippen molar-refractivity contribution < 1.29 is 14.0 Å². The fourth-order valence-corrected chi connectivity index (χ4v) is 4.00. The average molecular weight is 488 g/mol. The lowest BCUT2D eigenvalue weighted by Crippen LogP contribution is -2.17. The number of amides is 2. The summed E-state index contributed by atoms with van der Waals surface area (Å²) in [5.74, 6) is -2.02. The van der Waals surface area contributed by atoms with Crippen molar-refractivity contribution in [3.05, 3.63) is 102 Å². The smallest absolute Gasteiger partial charge is 0.256 e. The van der Waals surface area contributed by atoms with Gasteiger partial charge in [-0.1, -0.05) is 44.2 Å². The second-order valence-electron chi connectivity index (χ2n) is 7.19. The molecule has 7 heteroatoms. The molecule has 0 aliphatic heterocycles. The monoisotopic (exact) mass is 487 g/mol. The van der Waals surface area contributed by atoms with Crippen LogP contribution in [0.2, 0.25) is 0 Å². The van der Waals surface area contributed by atoms with Crippen LogP contribution in [0.3, 0.4) is 0 Å². The zero-order chi connectivity index (χ0) is 25.4. The minimum atomic E-state index is -0.896. The molecule has 0 saturated heterocycles. The molecule has 1 aromatic heterocycles. The highest BCUT2D eigenvalue weighted by atomic mass is 32.2. The molecule has 3 aromatic carbocycles. The molecular formula is C28H26FN3O2S. The fraction of sp³-hybridized carbons (Fsp3) is 0.107. The van der Waals surface area contributed by atoms with Crippen LogP contribution in [0, 0.1) is 5.82 Å². The highest BCUT2D eigenvalue weighted by Gasteiger charge is 2.21. The maximum Gasteiger partial charge on any atom is 0.256 e. The van der Waals surface area contributed by atoms with E-state index in [9.17, 15) is 14.0 Å². The van der Waals surface area contributed by atoms with Gasteiger partial charge in [0.05, 0.1) is 11.3 Å². The molecule has 1 heterocycles. The molecule has 4 aromatic rings. The molecule has 178 valence electrons. The lowest BCUT2D eigenvalue weighted by Gasteiger charge is -2.15. The summed E-state index contributed by atoms with van der Waals surface area (Å²) in [6.45, 7) is 4.00. The number of nitrogens with one attached hydrogen (secondary N) is 1. The van der Waals surface area contributed by atoms with Gasteiger partial charge in [0.1, 0.15) is 5.82 Å². The van der Waals surface area contributed by atoms with E-state index in [-0.39, 0.29) is 11.1 Å². The number of primary amides is 1. The summed E-state index contributed by atoms with van der Waals surface area (Å²) >= 11 is 1.47. The molecule has 0 fully saturated rings. The Hall–Kier alpha value is -3.97. The van der Waals surface area contributed by atoms with Crippen LogP contribution in [0.5, 0.6) is 0 Å². The van der Waals surface area contributed by atoms with Crippen LogP contribution in [-0.2, 0) is 0 Å². The first-order valence-electron chi connectivity index (χ1n) is 11.1. The Morgan fingerprint density at radius 1 is 0.914 bits per heavy atom. The van der Waals surface area contributed by atoms with Crippen LogP contribution < -0.4 is 11.1 Å². The summed E-state index contributed by atoms with van der Waals surface area (Å²) in [7, 11) is 0. The van der Waals surface area contributed by atoms with Crippen molar-refractivity contribution in [1.29, 1.82) is 0 Å². The molecule has 0 aliphatic carbocycles. The Morgan fingerprint density at radius 2 is 1.69 bits per heavy atom. The normalized spacial score (nSPS) is 10.2. The number of hydrogen-bond donors (Lipinski definition) is 2. The first-order valence-corrected chi connectivity index (χ1v) is 12.3. The van der Waals surface area contributed by atoms with Crippen LogP contribution in [0.25, 0.3) is 22.4 Å². The second kappa shape index (κ2) is 11.9. The van der Waals surface area contributed by atoms with E-state index in [1.807, 2.05) is 56.5 Å². The molecular weight excluding hydrogens is 461 g/mol. The number of nitrogens with two attached hydrogens (primary N) is 1. The summed E-state index contributed by atoms with van der Waals surface area (Å²) in [6, 6.07) is 22.4. The predicted octanol–water partition coefficient (Wildman–Crippen LogP) is 6.65. The molecule has 0 unspecified atom stereocenters. The van der Waals surface area contributed by atoms with Gasteiger partial charge >= 0.3 is 0 Å². The molecule has 4 rings (SSSR count). The number of nitrogens with zero attached hydrogens (tertiary/aromatic N) is 1. The topological polar surface area (TPSA) is 85.1 Å². The van der Waals surface area contributed by atoms with Crippen molar-refractivity contribution in [2.75, 3.05) is 11.6 Å². The first kappa shape index (κ1) is 25.6. The van der Waals surface area contributed by atoms with Crippen LogP contribution >= 0.6 is 11.8 Å². The molecule has 0 aliphatic rings. The van der Waals surface area contributed by atoms with Gasteiger partial charge in [0.25, 0.3) is 11.8 Å². The van der Waals surface area contributed by atoms with Crippen molar-refractivity contribution in [3.8, 4) is 22.4 Å². The maximum atomic E-state index is 14.4. The van der Waals surface area contributed by atoms with Crippen molar-refractivity contribution >= 4 is 29.3 Å². The number of halogens is 1. The van der Waals surface area contributed by atoms with Crippen molar-refractivity contribution in [2.45, 2.75) is 18.7 Å². The molecule has 0 atom stereocenters. The third kappa shape index (κ3) is 5.94. The third-order valence-corrected chi connectivity index (χ3v) is 5.83. The molecule has 0 spiro atoms. The molecule has 0 radical (unpaired) electrons. The molecule has 5 nitrogen and oxygen atoms in total. The van der Waals surface area contributed by atoms with Crippen LogP contribution in [0.1, 0.15) is 34.6 Å². The van der Waals surface area contributed by atoms with E-state index in [4.69, 9.17) is 5.73 Å². The first-order chi connectivity index (χ1) is 17.0. The molecule has 0 saturated carbocycles. The average Bonchev–Trinajstić information content (AvgIpc) is 2.89. The Morgan fingerprint density at radius 3 is 2.37 bits per heavy atom.